The number of hydrogen-bond acceptors (Lipinski definition) is 5. The molecule has 0 bridgehead atoms. The number of carbonyl (C=O) groups is 1. The number of aldehydes is 1. The summed E-state index contributed by atoms with van der Waals surface area (Å²) in [6.07, 6.45) is 9.17. The van der Waals surface area contributed by atoms with Crippen LogP contribution in [0.3, 0.4) is 0 Å². The number of aromatic amines is 1. The fourth-order valence-electron chi connectivity index (χ4n) is 2.71. The molecule has 2 N–H and O–H groups in total. The first-order valence-corrected chi connectivity index (χ1v) is 7.75. The standard InChI is InChI=1S/C18H15N5O/c24-11-17-19-14-9-5-4-8-13(14)18(21-17)20-16-10-15(22-23-16)12-6-2-1-3-7-12/h2,4-11H,1,3H2,(H2,19,20,21,22,23). The van der Waals surface area contributed by atoms with E-state index in [9.17, 15) is 4.79 Å². The number of nitrogens with zero attached hydrogens (tertiary/aromatic N) is 3. The van der Waals surface area contributed by atoms with Gasteiger partial charge in [-0.1, -0.05) is 30.4 Å². The summed E-state index contributed by atoms with van der Waals surface area (Å²) in [6.45, 7) is 0. The number of nitrogens with one attached hydrogen (secondary N) is 2. The van der Waals surface area contributed by atoms with E-state index < -0.39 is 0 Å². The maximum Gasteiger partial charge on any atom is 0.195 e. The molecular formula is C18H15N5O. The molecule has 0 unspecified atom stereocenters. The molecule has 6 nitrogen and oxygen atoms in total. The Morgan fingerprint density at radius 2 is 2.08 bits per heavy atom. The summed E-state index contributed by atoms with van der Waals surface area (Å²) < 4.78 is 0. The average Bonchev–Trinajstić information content (AvgIpc) is 3.11. The Balaban J connectivity index is 1.69. The maximum atomic E-state index is 11.1. The molecule has 4 rings (SSSR count). The topological polar surface area (TPSA) is 83.6 Å². The lowest BCUT2D eigenvalue weighted by molar-refractivity contribution is 0.111. The molecule has 1 aliphatic carbocycles. The summed E-state index contributed by atoms with van der Waals surface area (Å²) in [5.74, 6) is 1.35. The predicted octanol–water partition coefficient (Wildman–Crippen LogP) is 3.64. The second-order valence-electron chi connectivity index (χ2n) is 5.50. The highest BCUT2D eigenvalue weighted by Gasteiger charge is 2.10. The van der Waals surface area contributed by atoms with Crippen molar-refractivity contribution >= 4 is 34.4 Å². The van der Waals surface area contributed by atoms with Gasteiger partial charge in [-0.25, -0.2) is 9.97 Å². The molecule has 0 saturated heterocycles. The van der Waals surface area contributed by atoms with E-state index in [4.69, 9.17) is 0 Å². The van der Waals surface area contributed by atoms with E-state index in [0.29, 0.717) is 23.4 Å². The Labute approximate surface area is 138 Å². The van der Waals surface area contributed by atoms with Crippen LogP contribution in [-0.2, 0) is 0 Å². The number of carbonyl (C=O) groups excluding carboxylic acids is 1. The summed E-state index contributed by atoms with van der Waals surface area (Å²) in [5.41, 5.74) is 2.79. The van der Waals surface area contributed by atoms with E-state index in [1.165, 1.54) is 0 Å². The van der Waals surface area contributed by atoms with Crippen LogP contribution in [0.4, 0.5) is 11.6 Å². The summed E-state index contributed by atoms with van der Waals surface area (Å²) in [6, 6.07) is 9.47. The third kappa shape index (κ3) is 2.69. The normalized spacial score (nSPS) is 13.8. The molecule has 0 saturated carbocycles. The lowest BCUT2D eigenvalue weighted by Crippen LogP contribution is -2.01. The summed E-state index contributed by atoms with van der Waals surface area (Å²) >= 11 is 0. The van der Waals surface area contributed by atoms with Gasteiger partial charge in [0.15, 0.2) is 17.9 Å². The number of fused-ring (bicyclic) bond motifs is 1. The van der Waals surface area contributed by atoms with Crippen LogP contribution >= 0.6 is 0 Å². The van der Waals surface area contributed by atoms with Crippen molar-refractivity contribution < 1.29 is 4.79 Å². The van der Waals surface area contributed by atoms with Crippen molar-refractivity contribution in [3.63, 3.8) is 0 Å². The Hall–Kier alpha value is -3.28. The van der Waals surface area contributed by atoms with Crippen LogP contribution in [0, 0.1) is 0 Å². The van der Waals surface area contributed by atoms with Crippen molar-refractivity contribution in [3.05, 3.63) is 60.1 Å². The number of rotatable bonds is 4. The van der Waals surface area contributed by atoms with E-state index in [1.807, 2.05) is 30.3 Å². The third-order valence-electron chi connectivity index (χ3n) is 3.86. The SMILES string of the molecule is O=Cc1nc(Nc2cc(C3=CCCC=C3)[nH]n2)c2ccccc2n1. The molecular weight excluding hydrogens is 302 g/mol. The van der Waals surface area contributed by atoms with E-state index >= 15 is 0 Å². The lowest BCUT2D eigenvalue weighted by atomic mass is 10.0. The molecule has 0 fully saturated rings. The van der Waals surface area contributed by atoms with Crippen LogP contribution in [-0.4, -0.2) is 26.5 Å². The van der Waals surface area contributed by atoms with Crippen LogP contribution < -0.4 is 5.32 Å². The van der Waals surface area contributed by atoms with E-state index in [-0.39, 0.29) is 5.82 Å². The number of para-hydroxylation sites is 1. The minimum absolute atomic E-state index is 0.143. The molecule has 24 heavy (non-hydrogen) atoms. The van der Waals surface area contributed by atoms with Gasteiger partial charge in [0, 0.05) is 11.5 Å². The minimum atomic E-state index is 0.143. The van der Waals surface area contributed by atoms with Gasteiger partial charge in [-0.15, -0.1) is 0 Å². The Kier molecular flexibility index (Phi) is 3.63. The van der Waals surface area contributed by atoms with Crippen LogP contribution in [0.5, 0.6) is 0 Å². The first-order chi connectivity index (χ1) is 11.8. The van der Waals surface area contributed by atoms with Crippen molar-refractivity contribution in [3.8, 4) is 0 Å². The lowest BCUT2D eigenvalue weighted by Gasteiger charge is -2.06. The number of anilines is 2. The molecule has 0 aliphatic heterocycles. The summed E-state index contributed by atoms with van der Waals surface area (Å²) in [4.78, 5) is 19.5. The maximum absolute atomic E-state index is 11.1. The van der Waals surface area contributed by atoms with Gasteiger partial charge in [-0.2, -0.15) is 5.10 Å². The zero-order valence-corrected chi connectivity index (χ0v) is 12.9. The molecule has 0 atom stereocenters. The summed E-state index contributed by atoms with van der Waals surface area (Å²) in [7, 11) is 0. The van der Waals surface area contributed by atoms with Crippen molar-refractivity contribution in [2.24, 2.45) is 0 Å². The Morgan fingerprint density at radius 3 is 2.92 bits per heavy atom. The molecule has 2 heterocycles. The van der Waals surface area contributed by atoms with Crippen LogP contribution in [0.2, 0.25) is 0 Å². The van der Waals surface area contributed by atoms with E-state index in [0.717, 1.165) is 29.5 Å². The molecule has 1 aromatic carbocycles. The van der Waals surface area contributed by atoms with Crippen molar-refractivity contribution in [1.82, 2.24) is 20.2 Å². The largest absolute Gasteiger partial charge is 0.323 e. The molecule has 0 amide bonds. The fraction of sp³-hybridized carbons (Fsp3) is 0.111. The van der Waals surface area contributed by atoms with Gasteiger partial charge < -0.3 is 5.32 Å². The number of aromatic nitrogens is 4. The number of hydrogen-bond donors (Lipinski definition) is 2. The van der Waals surface area contributed by atoms with Gasteiger partial charge in [0.2, 0.25) is 0 Å². The third-order valence-corrected chi connectivity index (χ3v) is 3.86. The number of H-pyrrole nitrogens is 1. The second kappa shape index (κ2) is 6.08. The predicted molar refractivity (Wildman–Crippen MR) is 93.1 cm³/mol. The first-order valence-electron chi connectivity index (χ1n) is 7.75. The molecule has 6 heteroatoms. The molecule has 3 aromatic rings. The molecule has 118 valence electrons. The molecule has 1 aliphatic rings. The van der Waals surface area contributed by atoms with Gasteiger partial charge in [0.1, 0.15) is 5.82 Å². The van der Waals surface area contributed by atoms with Gasteiger partial charge in [-0.05, 0) is 30.5 Å². The smallest absolute Gasteiger partial charge is 0.195 e. The van der Waals surface area contributed by atoms with Gasteiger partial charge in [0.05, 0.1) is 11.2 Å². The Morgan fingerprint density at radius 1 is 1.17 bits per heavy atom. The van der Waals surface area contributed by atoms with Gasteiger partial charge in [-0.3, -0.25) is 9.89 Å². The minimum Gasteiger partial charge on any atom is -0.323 e. The van der Waals surface area contributed by atoms with E-state index in [2.05, 4.69) is 43.7 Å². The molecule has 0 spiro atoms. The number of allylic oxidation sites excluding steroid dienone is 4. The van der Waals surface area contributed by atoms with Crippen LogP contribution in [0.25, 0.3) is 16.5 Å². The summed E-state index contributed by atoms with van der Waals surface area (Å²) in [5, 5.41) is 11.3. The quantitative estimate of drug-likeness (QED) is 0.718. The average molecular weight is 317 g/mol. The fourth-order valence-corrected chi connectivity index (χ4v) is 2.71. The van der Waals surface area contributed by atoms with Crippen molar-refractivity contribution in [2.75, 3.05) is 5.32 Å². The van der Waals surface area contributed by atoms with Crippen molar-refractivity contribution in [2.45, 2.75) is 12.8 Å². The van der Waals surface area contributed by atoms with Crippen LogP contribution in [0.1, 0.15) is 29.2 Å². The highest BCUT2D eigenvalue weighted by molar-refractivity contribution is 5.92. The van der Waals surface area contributed by atoms with Gasteiger partial charge >= 0.3 is 0 Å². The monoisotopic (exact) mass is 317 g/mol. The zero-order valence-electron chi connectivity index (χ0n) is 12.9. The number of benzene rings is 1. The Bertz CT molecular complexity index is 970. The molecule has 0 radical (unpaired) electrons. The zero-order chi connectivity index (χ0) is 16.4. The second-order valence-corrected chi connectivity index (χ2v) is 5.50. The first kappa shape index (κ1) is 14.3. The van der Waals surface area contributed by atoms with E-state index in [1.54, 1.807) is 0 Å². The highest BCUT2D eigenvalue weighted by Crippen LogP contribution is 2.25. The van der Waals surface area contributed by atoms with Crippen molar-refractivity contribution in [1.29, 1.82) is 0 Å². The molecule has 2 aromatic heterocycles. The van der Waals surface area contributed by atoms with Crippen LogP contribution in [0.15, 0.2) is 48.6 Å². The highest BCUT2D eigenvalue weighted by atomic mass is 16.1. The van der Waals surface area contributed by atoms with Gasteiger partial charge in [0.25, 0.3) is 0 Å².